The van der Waals surface area contributed by atoms with Crippen LogP contribution in [0.5, 0.6) is 0 Å². The molecule has 1 saturated carbocycles. The number of amides is 1. The van der Waals surface area contributed by atoms with Crippen LogP contribution in [0.25, 0.3) is 0 Å². The molecule has 0 spiro atoms. The number of rotatable bonds is 16. The topological polar surface area (TPSA) is 124 Å². The van der Waals surface area contributed by atoms with Crippen molar-refractivity contribution in [1.82, 2.24) is 15.3 Å². The van der Waals surface area contributed by atoms with E-state index in [1.165, 1.54) is 29.6 Å². The maximum absolute atomic E-state index is 12.3. The van der Waals surface area contributed by atoms with Gasteiger partial charge in [-0.3, -0.25) is 9.80 Å². The van der Waals surface area contributed by atoms with E-state index in [1.54, 1.807) is 11.2 Å². The predicted molar refractivity (Wildman–Crippen MR) is 141 cm³/mol. The molecule has 35 heavy (non-hydrogen) atoms. The molecule has 1 fully saturated rings. The fourth-order valence-electron chi connectivity index (χ4n) is 3.44. The Morgan fingerprint density at radius 3 is 2.77 bits per heavy atom. The molecule has 1 aromatic rings. The Kier molecular flexibility index (Phi) is 12.1. The molecular weight excluding hydrogens is 438 g/mol. The van der Waals surface area contributed by atoms with Gasteiger partial charge in [0, 0.05) is 32.0 Å². The van der Waals surface area contributed by atoms with E-state index in [4.69, 9.17) is 17.1 Å². The van der Waals surface area contributed by atoms with Crippen LogP contribution in [0, 0.1) is 5.53 Å². The van der Waals surface area contributed by atoms with Crippen LogP contribution < -0.4 is 16.9 Å². The predicted octanol–water partition coefficient (Wildman–Crippen LogP) is 4.78. The third-order valence-electron chi connectivity index (χ3n) is 5.60. The van der Waals surface area contributed by atoms with Gasteiger partial charge in [0.15, 0.2) is 0 Å². The van der Waals surface area contributed by atoms with Gasteiger partial charge in [-0.2, -0.15) is 5.53 Å². The van der Waals surface area contributed by atoms with E-state index in [1.807, 2.05) is 49.4 Å². The first-order chi connectivity index (χ1) is 17.0. The molecule has 0 bridgehead atoms. The highest BCUT2D eigenvalue weighted by molar-refractivity contribution is 5.92. The number of unbranched alkanes of at least 4 members (excludes halogenated alkanes) is 1. The van der Waals surface area contributed by atoms with Crippen molar-refractivity contribution >= 4 is 5.91 Å². The van der Waals surface area contributed by atoms with Crippen molar-refractivity contribution in [3.8, 4) is 0 Å². The average Bonchev–Trinajstić information content (AvgIpc) is 3.71. The van der Waals surface area contributed by atoms with Gasteiger partial charge in [-0.25, -0.2) is 5.84 Å². The molecule has 0 atom stereocenters. The summed E-state index contributed by atoms with van der Waals surface area (Å²) in [5, 5.41) is 9.38. The second-order valence-corrected chi connectivity index (χ2v) is 8.55. The SMILES string of the molecule is C=C/C(=C\C=C/C)C/C=C/N(CCCCN(N)/C=C(\N)C(=O)NCc1cccc(C2CC2)c1)N=N. The monoisotopic (exact) mass is 477 g/mol. The van der Waals surface area contributed by atoms with Gasteiger partial charge in [0.25, 0.3) is 5.91 Å². The lowest BCUT2D eigenvalue weighted by Crippen LogP contribution is -2.33. The second-order valence-electron chi connectivity index (χ2n) is 8.55. The second kappa shape index (κ2) is 15.3. The summed E-state index contributed by atoms with van der Waals surface area (Å²) in [5.41, 5.74) is 16.8. The minimum Gasteiger partial charge on any atom is -0.393 e. The quantitative estimate of drug-likeness (QED) is 0.0681. The minimum atomic E-state index is -0.344. The van der Waals surface area contributed by atoms with Crippen LogP contribution in [-0.4, -0.2) is 29.0 Å². The normalized spacial score (nSPS) is 14.3. The van der Waals surface area contributed by atoms with Crippen molar-refractivity contribution in [3.63, 3.8) is 0 Å². The molecule has 8 heteroatoms. The van der Waals surface area contributed by atoms with Crippen LogP contribution in [-0.2, 0) is 11.3 Å². The molecule has 8 nitrogen and oxygen atoms in total. The van der Waals surface area contributed by atoms with Crippen LogP contribution in [0.1, 0.15) is 56.1 Å². The largest absolute Gasteiger partial charge is 0.393 e. The highest BCUT2D eigenvalue weighted by Crippen LogP contribution is 2.40. The van der Waals surface area contributed by atoms with Crippen molar-refractivity contribution < 1.29 is 4.79 Å². The van der Waals surface area contributed by atoms with E-state index in [9.17, 15) is 4.79 Å². The molecule has 0 aromatic heterocycles. The smallest absolute Gasteiger partial charge is 0.268 e. The summed E-state index contributed by atoms with van der Waals surface area (Å²) >= 11 is 0. The number of hydrogen-bond acceptors (Lipinski definition) is 6. The molecule has 2 rings (SSSR count). The summed E-state index contributed by atoms with van der Waals surface area (Å²) in [6, 6.07) is 8.32. The summed E-state index contributed by atoms with van der Waals surface area (Å²) in [4.78, 5) is 12.3. The van der Waals surface area contributed by atoms with Crippen LogP contribution in [0.3, 0.4) is 0 Å². The van der Waals surface area contributed by atoms with Gasteiger partial charge in [0.05, 0.1) is 0 Å². The first-order valence-electron chi connectivity index (χ1n) is 12.1. The van der Waals surface area contributed by atoms with Crippen molar-refractivity contribution in [3.05, 3.63) is 96.0 Å². The zero-order valence-corrected chi connectivity index (χ0v) is 20.7. The molecular formula is C27H39N7O. The zero-order chi connectivity index (χ0) is 25.5. The van der Waals surface area contributed by atoms with Gasteiger partial charge in [0.1, 0.15) is 5.70 Å². The molecule has 1 aliphatic rings. The summed E-state index contributed by atoms with van der Waals surface area (Å²) in [5.74, 6) is 6.32. The third-order valence-corrected chi connectivity index (χ3v) is 5.60. The van der Waals surface area contributed by atoms with Gasteiger partial charge in [-0.1, -0.05) is 66.4 Å². The van der Waals surface area contributed by atoms with E-state index >= 15 is 0 Å². The van der Waals surface area contributed by atoms with Gasteiger partial charge < -0.3 is 16.1 Å². The number of benzene rings is 1. The maximum Gasteiger partial charge on any atom is 0.268 e. The number of allylic oxidation sites excluding steroid dienone is 6. The number of nitrogens with zero attached hydrogens (tertiary/aromatic N) is 3. The Morgan fingerprint density at radius 1 is 1.31 bits per heavy atom. The zero-order valence-electron chi connectivity index (χ0n) is 20.7. The highest BCUT2D eigenvalue weighted by atomic mass is 16.2. The number of nitrogens with one attached hydrogen (secondary N) is 2. The van der Waals surface area contributed by atoms with E-state index < -0.39 is 0 Å². The lowest BCUT2D eigenvalue weighted by molar-refractivity contribution is -0.117. The van der Waals surface area contributed by atoms with Gasteiger partial charge in [-0.05, 0) is 61.6 Å². The first-order valence-corrected chi connectivity index (χ1v) is 12.1. The number of carbonyl (C=O) groups is 1. The van der Waals surface area contributed by atoms with Gasteiger partial charge in [0.2, 0.25) is 0 Å². The fraction of sp³-hybridized carbons (Fsp3) is 0.370. The lowest BCUT2D eigenvalue weighted by Gasteiger charge is -2.16. The number of nitrogens with two attached hydrogens (primary N) is 2. The van der Waals surface area contributed by atoms with E-state index in [-0.39, 0.29) is 11.6 Å². The first kappa shape index (κ1) is 27.6. The van der Waals surface area contributed by atoms with Gasteiger partial charge in [-0.15, -0.1) is 0 Å². The minimum absolute atomic E-state index is 0.0700. The number of hydrogen-bond donors (Lipinski definition) is 4. The van der Waals surface area contributed by atoms with Crippen LogP contribution >= 0.6 is 0 Å². The molecule has 0 aliphatic heterocycles. The van der Waals surface area contributed by atoms with E-state index in [0.717, 1.165) is 24.0 Å². The maximum atomic E-state index is 12.3. The van der Waals surface area contributed by atoms with E-state index in [0.29, 0.717) is 32.0 Å². The Balaban J connectivity index is 1.69. The highest BCUT2D eigenvalue weighted by Gasteiger charge is 2.23. The van der Waals surface area contributed by atoms with Gasteiger partial charge >= 0.3 is 0 Å². The Labute approximate surface area is 209 Å². The molecule has 6 N–H and O–H groups in total. The van der Waals surface area contributed by atoms with Crippen LogP contribution in [0.2, 0.25) is 0 Å². The standard InChI is InChI=1S/C27H39N7O/c1-3-5-10-22(4-2)12-9-18-34(32-29)17-7-6-16-33(30)21-26(28)27(35)31-20-23-11-8-13-25(19-23)24-14-15-24/h3-5,8-11,13,18-19,21,24,29H,2,6-7,12,14-17,20,28,30H2,1H3,(H,31,35)/b5-3-,18-9+,22-10+,26-21-,32-29?. The molecule has 1 amide bonds. The van der Waals surface area contributed by atoms with Crippen molar-refractivity contribution in [2.45, 2.75) is 51.5 Å². The molecule has 188 valence electrons. The number of hydrazine groups is 1. The Hall–Kier alpha value is -3.65. The summed E-state index contributed by atoms with van der Waals surface area (Å²) in [7, 11) is 0. The Bertz CT molecular complexity index is 960. The van der Waals surface area contributed by atoms with Crippen LogP contribution in [0.15, 0.2) is 90.1 Å². The summed E-state index contributed by atoms with van der Waals surface area (Å²) in [6.45, 7) is 7.32. The number of carbonyl (C=O) groups excluding carboxylic acids is 1. The third kappa shape index (κ3) is 10.9. The Morgan fingerprint density at radius 2 is 2.09 bits per heavy atom. The molecule has 0 unspecified atom stereocenters. The summed E-state index contributed by atoms with van der Waals surface area (Å²) in [6.07, 6.45) is 17.7. The lowest BCUT2D eigenvalue weighted by atomic mass is 10.1. The summed E-state index contributed by atoms with van der Waals surface area (Å²) < 4.78 is 0. The fourth-order valence-corrected chi connectivity index (χ4v) is 3.44. The van der Waals surface area contributed by atoms with Crippen molar-refractivity contribution in [1.29, 1.82) is 5.53 Å². The average molecular weight is 478 g/mol. The molecule has 0 radical (unpaired) electrons. The molecule has 0 heterocycles. The molecule has 1 aliphatic carbocycles. The van der Waals surface area contributed by atoms with E-state index in [2.05, 4.69) is 29.3 Å². The van der Waals surface area contributed by atoms with Crippen molar-refractivity contribution in [2.24, 2.45) is 16.8 Å². The molecule has 0 saturated heterocycles. The van der Waals surface area contributed by atoms with Crippen molar-refractivity contribution in [2.75, 3.05) is 13.1 Å². The molecule has 1 aromatic carbocycles. The van der Waals surface area contributed by atoms with Crippen LogP contribution in [0.4, 0.5) is 0 Å².